The van der Waals surface area contributed by atoms with Gasteiger partial charge in [-0.25, -0.2) is 9.97 Å². The molecule has 0 saturated heterocycles. The molecule has 5 nitrogen and oxygen atoms in total. The third-order valence-corrected chi connectivity index (χ3v) is 3.58. The predicted octanol–water partition coefficient (Wildman–Crippen LogP) is 2.01. The number of nitrogens with zero attached hydrogens (tertiary/aromatic N) is 3. The van der Waals surface area contributed by atoms with Gasteiger partial charge in [-0.3, -0.25) is 9.78 Å². The number of hydrogen-bond donors (Lipinski definition) is 1. The molecule has 0 saturated carbocycles. The zero-order valence-corrected chi connectivity index (χ0v) is 12.6. The lowest BCUT2D eigenvalue weighted by Crippen LogP contribution is -2.27. The van der Waals surface area contributed by atoms with Gasteiger partial charge in [0.05, 0.1) is 5.69 Å². The molecule has 0 fully saturated rings. The maximum atomic E-state index is 12.2. The summed E-state index contributed by atoms with van der Waals surface area (Å²) in [6, 6.07) is 3.42. The van der Waals surface area contributed by atoms with E-state index in [1.807, 2.05) is 6.07 Å². The van der Waals surface area contributed by atoms with E-state index in [1.165, 1.54) is 6.33 Å². The zero-order valence-electron chi connectivity index (χ0n) is 12.6. The molecular formula is C17H16N4O. The SMILES string of the molecule is CC1(C)CC(=O)c2cc(C#Cc3cc(N)ncn3)cnc2C1. The van der Waals surface area contributed by atoms with Gasteiger partial charge in [-0.15, -0.1) is 0 Å². The maximum absolute atomic E-state index is 12.2. The van der Waals surface area contributed by atoms with Crippen LogP contribution in [-0.4, -0.2) is 20.7 Å². The molecule has 110 valence electrons. The van der Waals surface area contributed by atoms with Gasteiger partial charge in [-0.1, -0.05) is 19.8 Å². The molecule has 5 heteroatoms. The van der Waals surface area contributed by atoms with E-state index in [1.54, 1.807) is 12.3 Å². The van der Waals surface area contributed by atoms with Gasteiger partial charge in [0.1, 0.15) is 17.8 Å². The van der Waals surface area contributed by atoms with E-state index in [9.17, 15) is 4.79 Å². The Morgan fingerprint density at radius 1 is 1.14 bits per heavy atom. The molecule has 0 radical (unpaired) electrons. The molecular weight excluding hydrogens is 276 g/mol. The second-order valence-electron chi connectivity index (χ2n) is 6.24. The van der Waals surface area contributed by atoms with Crippen molar-refractivity contribution in [1.82, 2.24) is 15.0 Å². The molecule has 0 unspecified atom stereocenters. The lowest BCUT2D eigenvalue weighted by Gasteiger charge is -2.29. The summed E-state index contributed by atoms with van der Waals surface area (Å²) in [5.74, 6) is 6.38. The third kappa shape index (κ3) is 2.96. The van der Waals surface area contributed by atoms with Crippen LogP contribution in [-0.2, 0) is 6.42 Å². The Hall–Kier alpha value is -2.74. The molecule has 3 rings (SSSR count). The first-order chi connectivity index (χ1) is 10.4. The number of Topliss-reactive ketones (excluding diaryl/α,β-unsaturated/α-hetero) is 1. The van der Waals surface area contributed by atoms with Crippen LogP contribution < -0.4 is 5.73 Å². The summed E-state index contributed by atoms with van der Waals surface area (Å²) < 4.78 is 0. The monoisotopic (exact) mass is 292 g/mol. The van der Waals surface area contributed by atoms with Crippen LogP contribution in [0, 0.1) is 17.3 Å². The fourth-order valence-electron chi connectivity index (χ4n) is 2.57. The van der Waals surface area contributed by atoms with Crippen molar-refractivity contribution >= 4 is 11.6 Å². The van der Waals surface area contributed by atoms with Crippen LogP contribution in [0.25, 0.3) is 0 Å². The van der Waals surface area contributed by atoms with Gasteiger partial charge in [-0.2, -0.15) is 0 Å². The van der Waals surface area contributed by atoms with E-state index in [-0.39, 0.29) is 11.2 Å². The standard InChI is InChI=1S/C17H16N4O/c1-17(2)7-14-13(15(22)8-17)5-11(9-19-14)3-4-12-6-16(18)21-10-20-12/h5-6,9-10H,7-8H2,1-2H3,(H2,18,20,21). The minimum atomic E-state index is -0.0250. The highest BCUT2D eigenvalue weighted by Gasteiger charge is 2.31. The number of carbonyl (C=O) groups excluding carboxylic acids is 1. The van der Waals surface area contributed by atoms with E-state index in [0.29, 0.717) is 29.1 Å². The van der Waals surface area contributed by atoms with Gasteiger partial charge < -0.3 is 5.73 Å². The summed E-state index contributed by atoms with van der Waals surface area (Å²) >= 11 is 0. The van der Waals surface area contributed by atoms with Crippen LogP contribution in [0.3, 0.4) is 0 Å². The molecule has 2 heterocycles. The van der Waals surface area contributed by atoms with Crippen molar-refractivity contribution in [3.8, 4) is 11.8 Å². The molecule has 22 heavy (non-hydrogen) atoms. The average molecular weight is 292 g/mol. The van der Waals surface area contributed by atoms with Gasteiger partial charge in [0, 0.05) is 29.8 Å². The summed E-state index contributed by atoms with van der Waals surface area (Å²) in [4.78, 5) is 24.5. The molecule has 0 aromatic carbocycles. The van der Waals surface area contributed by atoms with Crippen molar-refractivity contribution in [2.24, 2.45) is 5.41 Å². The van der Waals surface area contributed by atoms with Gasteiger partial charge in [-0.05, 0) is 23.8 Å². The summed E-state index contributed by atoms with van der Waals surface area (Å²) in [7, 11) is 0. The number of pyridine rings is 1. The van der Waals surface area contributed by atoms with Crippen molar-refractivity contribution in [2.75, 3.05) is 5.73 Å². The first kappa shape index (κ1) is 14.2. The van der Waals surface area contributed by atoms with Crippen LogP contribution >= 0.6 is 0 Å². The molecule has 0 bridgehead atoms. The van der Waals surface area contributed by atoms with Gasteiger partial charge in [0.15, 0.2) is 5.78 Å². The van der Waals surface area contributed by atoms with E-state index < -0.39 is 0 Å². The van der Waals surface area contributed by atoms with Crippen molar-refractivity contribution in [3.05, 3.63) is 47.2 Å². The number of carbonyl (C=O) groups is 1. The van der Waals surface area contributed by atoms with Crippen molar-refractivity contribution < 1.29 is 4.79 Å². The third-order valence-electron chi connectivity index (χ3n) is 3.58. The van der Waals surface area contributed by atoms with E-state index >= 15 is 0 Å². The van der Waals surface area contributed by atoms with E-state index in [2.05, 4.69) is 40.6 Å². The highest BCUT2D eigenvalue weighted by molar-refractivity contribution is 5.98. The largest absolute Gasteiger partial charge is 0.384 e. The Balaban J connectivity index is 1.92. The number of nitrogens with two attached hydrogens (primary N) is 1. The number of anilines is 1. The summed E-state index contributed by atoms with van der Waals surface area (Å²) in [5.41, 5.74) is 8.35. The normalized spacial score (nSPS) is 15.6. The molecule has 0 atom stereocenters. The Labute approximate surface area is 129 Å². The Morgan fingerprint density at radius 3 is 2.73 bits per heavy atom. The lowest BCUT2D eigenvalue weighted by molar-refractivity contribution is 0.0910. The van der Waals surface area contributed by atoms with Crippen molar-refractivity contribution in [2.45, 2.75) is 26.7 Å². The lowest BCUT2D eigenvalue weighted by atomic mass is 9.75. The fourth-order valence-corrected chi connectivity index (χ4v) is 2.57. The topological polar surface area (TPSA) is 81.8 Å². The Bertz CT molecular complexity index is 815. The highest BCUT2D eigenvalue weighted by Crippen LogP contribution is 2.33. The van der Waals surface area contributed by atoms with Gasteiger partial charge in [0.25, 0.3) is 0 Å². The van der Waals surface area contributed by atoms with Crippen molar-refractivity contribution in [3.63, 3.8) is 0 Å². The van der Waals surface area contributed by atoms with Crippen LogP contribution in [0.2, 0.25) is 0 Å². The summed E-state index contributed by atoms with van der Waals surface area (Å²) in [6.45, 7) is 4.17. The van der Waals surface area contributed by atoms with Crippen LogP contribution in [0.4, 0.5) is 5.82 Å². The fraction of sp³-hybridized carbons (Fsp3) is 0.294. The number of rotatable bonds is 0. The van der Waals surface area contributed by atoms with E-state index in [4.69, 9.17) is 5.73 Å². The first-order valence-corrected chi connectivity index (χ1v) is 7.05. The quantitative estimate of drug-likeness (QED) is 0.751. The summed E-state index contributed by atoms with van der Waals surface area (Å²) in [6.07, 6.45) is 4.42. The molecule has 0 aliphatic heterocycles. The average Bonchev–Trinajstić information content (AvgIpc) is 2.44. The van der Waals surface area contributed by atoms with Crippen LogP contribution in [0.15, 0.2) is 24.7 Å². The Morgan fingerprint density at radius 2 is 1.95 bits per heavy atom. The van der Waals surface area contributed by atoms with Crippen LogP contribution in [0.5, 0.6) is 0 Å². The predicted molar refractivity (Wildman–Crippen MR) is 83.1 cm³/mol. The highest BCUT2D eigenvalue weighted by atomic mass is 16.1. The molecule has 2 aromatic rings. The molecule has 0 spiro atoms. The molecule has 2 aromatic heterocycles. The number of fused-ring (bicyclic) bond motifs is 1. The maximum Gasteiger partial charge on any atom is 0.165 e. The smallest absolute Gasteiger partial charge is 0.165 e. The van der Waals surface area contributed by atoms with Crippen LogP contribution in [0.1, 0.15) is 47.6 Å². The summed E-state index contributed by atoms with van der Waals surface area (Å²) in [5, 5.41) is 0. The van der Waals surface area contributed by atoms with Crippen molar-refractivity contribution in [1.29, 1.82) is 0 Å². The number of ketones is 1. The number of nitrogen functional groups attached to an aromatic ring is 1. The minimum Gasteiger partial charge on any atom is -0.384 e. The van der Waals surface area contributed by atoms with E-state index in [0.717, 1.165) is 12.1 Å². The molecule has 2 N–H and O–H groups in total. The Kier molecular flexibility index (Phi) is 3.38. The van der Waals surface area contributed by atoms with Gasteiger partial charge >= 0.3 is 0 Å². The first-order valence-electron chi connectivity index (χ1n) is 7.05. The second kappa shape index (κ2) is 5.23. The number of hydrogen-bond acceptors (Lipinski definition) is 5. The molecule has 0 amide bonds. The van der Waals surface area contributed by atoms with Gasteiger partial charge in [0.2, 0.25) is 0 Å². The second-order valence-corrected chi connectivity index (χ2v) is 6.24. The number of aromatic nitrogens is 3. The zero-order chi connectivity index (χ0) is 15.7. The molecule has 1 aliphatic carbocycles. The molecule has 1 aliphatic rings. The minimum absolute atomic E-state index is 0.0250.